The van der Waals surface area contributed by atoms with Crippen LogP contribution in [0.3, 0.4) is 0 Å². The topological polar surface area (TPSA) is 87.6 Å². The van der Waals surface area contributed by atoms with Crippen LogP contribution in [-0.2, 0) is 21.9 Å². The normalized spacial score (nSPS) is 12.1. The molecule has 0 atom stereocenters. The average Bonchev–Trinajstić information content (AvgIpc) is 3.14. The molecule has 0 unspecified atom stereocenters. The van der Waals surface area contributed by atoms with Gasteiger partial charge in [0, 0.05) is 17.0 Å². The van der Waals surface area contributed by atoms with Crippen LogP contribution < -0.4 is 4.31 Å². The van der Waals surface area contributed by atoms with Gasteiger partial charge in [-0.05, 0) is 48.9 Å². The first-order valence-electron chi connectivity index (χ1n) is 10.9. The van der Waals surface area contributed by atoms with Crippen LogP contribution in [0.1, 0.15) is 61.0 Å². The first kappa shape index (κ1) is 24.9. The lowest BCUT2D eigenvalue weighted by molar-refractivity contribution is 0.0695. The van der Waals surface area contributed by atoms with Crippen LogP contribution in [0, 0.1) is 6.92 Å². The van der Waals surface area contributed by atoms with Crippen LogP contribution >= 0.6 is 11.3 Å². The first-order chi connectivity index (χ1) is 15.4. The van der Waals surface area contributed by atoms with Gasteiger partial charge in [-0.3, -0.25) is 0 Å². The van der Waals surface area contributed by atoms with Gasteiger partial charge in [0.05, 0.1) is 10.5 Å². The average molecular weight is 487 g/mol. The van der Waals surface area contributed by atoms with Gasteiger partial charge in [-0.1, -0.05) is 58.0 Å². The van der Waals surface area contributed by atoms with Crippen LogP contribution in [0.5, 0.6) is 0 Å². The zero-order valence-electron chi connectivity index (χ0n) is 19.8. The van der Waals surface area contributed by atoms with E-state index < -0.39 is 16.0 Å². The molecule has 33 heavy (non-hydrogen) atoms. The van der Waals surface area contributed by atoms with E-state index in [4.69, 9.17) is 0 Å². The molecule has 0 saturated heterocycles. The van der Waals surface area contributed by atoms with E-state index in [-0.39, 0.29) is 22.4 Å². The van der Waals surface area contributed by atoms with E-state index in [9.17, 15) is 18.3 Å². The number of aryl methyl sites for hydroxylation is 2. The maximum Gasteiger partial charge on any atom is 0.336 e. The Balaban J connectivity index is 2.03. The number of hydrogen-bond donors (Lipinski definition) is 1. The molecule has 6 nitrogen and oxygen atoms in total. The number of carboxylic acid groups (broad SMARTS) is 1. The van der Waals surface area contributed by atoms with Crippen molar-refractivity contribution in [2.75, 3.05) is 10.8 Å². The number of aromatic carboxylic acids is 1. The van der Waals surface area contributed by atoms with Gasteiger partial charge in [0.2, 0.25) is 0 Å². The standard InChI is InChI=1S/C25H30N2O4S2/c1-7-17-11-14-20(15-21(17)24(28)29)33(30,31)27(8-2)22-16(3)32-23(26-22)18-9-12-19(13-10-18)25(4,5)6/h9-15H,7-8H2,1-6H3,(H,28,29). The van der Waals surface area contributed by atoms with Crippen molar-refractivity contribution in [1.82, 2.24) is 4.98 Å². The van der Waals surface area contributed by atoms with Crippen LogP contribution in [0.15, 0.2) is 47.4 Å². The molecule has 0 bridgehead atoms. The second-order valence-electron chi connectivity index (χ2n) is 8.87. The van der Waals surface area contributed by atoms with Gasteiger partial charge in [0.25, 0.3) is 10.0 Å². The second-order valence-corrected chi connectivity index (χ2v) is 11.9. The summed E-state index contributed by atoms with van der Waals surface area (Å²) >= 11 is 1.44. The molecule has 0 fully saturated rings. The van der Waals surface area contributed by atoms with Gasteiger partial charge in [-0.2, -0.15) is 0 Å². The van der Waals surface area contributed by atoms with Gasteiger partial charge in [0.1, 0.15) is 5.01 Å². The third kappa shape index (κ3) is 4.96. The summed E-state index contributed by atoms with van der Waals surface area (Å²) in [5, 5.41) is 10.3. The Morgan fingerprint density at radius 1 is 1.09 bits per heavy atom. The van der Waals surface area contributed by atoms with Gasteiger partial charge in [0.15, 0.2) is 5.82 Å². The summed E-state index contributed by atoms with van der Waals surface area (Å²) in [5.41, 5.74) is 2.77. The molecule has 0 radical (unpaired) electrons. The number of sulfonamides is 1. The SMILES string of the molecule is CCc1ccc(S(=O)(=O)N(CC)c2nc(-c3ccc(C(C)(C)C)cc3)sc2C)cc1C(=O)O. The monoisotopic (exact) mass is 486 g/mol. The fraction of sp³-hybridized carbons (Fsp3) is 0.360. The number of carboxylic acids is 1. The molecule has 1 N–H and O–H groups in total. The molecule has 0 aliphatic carbocycles. The third-order valence-corrected chi connectivity index (χ3v) is 8.44. The maximum absolute atomic E-state index is 13.5. The van der Waals surface area contributed by atoms with Crippen molar-refractivity contribution in [3.05, 3.63) is 64.0 Å². The van der Waals surface area contributed by atoms with Crippen LogP contribution in [0.25, 0.3) is 10.6 Å². The van der Waals surface area contributed by atoms with Gasteiger partial charge >= 0.3 is 5.97 Å². The minimum atomic E-state index is -3.99. The van der Waals surface area contributed by atoms with Crippen molar-refractivity contribution in [1.29, 1.82) is 0 Å². The van der Waals surface area contributed by atoms with E-state index in [2.05, 4.69) is 37.9 Å². The molecular formula is C25H30N2O4S2. The highest BCUT2D eigenvalue weighted by atomic mass is 32.2. The van der Waals surface area contributed by atoms with Crippen molar-refractivity contribution in [2.24, 2.45) is 0 Å². The minimum absolute atomic E-state index is 0.00394. The van der Waals surface area contributed by atoms with Crippen LogP contribution in [-0.4, -0.2) is 31.0 Å². The Morgan fingerprint density at radius 2 is 1.73 bits per heavy atom. The summed E-state index contributed by atoms with van der Waals surface area (Å²) in [6.45, 7) is 12.1. The van der Waals surface area contributed by atoms with Crippen molar-refractivity contribution in [2.45, 2.75) is 58.3 Å². The minimum Gasteiger partial charge on any atom is -0.478 e. The number of rotatable bonds is 7. The van der Waals surface area contributed by atoms with Crippen molar-refractivity contribution in [3.8, 4) is 10.6 Å². The van der Waals surface area contributed by atoms with E-state index in [1.807, 2.05) is 26.0 Å². The summed E-state index contributed by atoms with van der Waals surface area (Å²) in [5.74, 6) is -0.772. The quantitative estimate of drug-likeness (QED) is 0.450. The summed E-state index contributed by atoms with van der Waals surface area (Å²) in [6, 6.07) is 12.4. The molecule has 8 heteroatoms. The summed E-state index contributed by atoms with van der Waals surface area (Å²) in [4.78, 5) is 17.0. The molecule has 1 heterocycles. The number of anilines is 1. The summed E-state index contributed by atoms with van der Waals surface area (Å²) in [6.07, 6.45) is 0.502. The van der Waals surface area contributed by atoms with E-state index >= 15 is 0 Å². The highest BCUT2D eigenvalue weighted by Crippen LogP contribution is 2.36. The fourth-order valence-electron chi connectivity index (χ4n) is 3.64. The molecule has 3 aromatic rings. The predicted molar refractivity (Wildman–Crippen MR) is 134 cm³/mol. The number of benzene rings is 2. The number of carbonyl (C=O) groups is 1. The molecule has 0 aliphatic rings. The van der Waals surface area contributed by atoms with Gasteiger partial charge in [-0.15, -0.1) is 11.3 Å². The Kier molecular flexibility index (Phi) is 7.00. The number of aromatic nitrogens is 1. The van der Waals surface area contributed by atoms with E-state index in [1.54, 1.807) is 13.0 Å². The van der Waals surface area contributed by atoms with E-state index in [0.717, 1.165) is 15.4 Å². The zero-order chi connectivity index (χ0) is 24.6. The molecule has 0 spiro atoms. The summed E-state index contributed by atoms with van der Waals surface area (Å²) < 4.78 is 28.2. The van der Waals surface area contributed by atoms with E-state index in [0.29, 0.717) is 17.8 Å². The van der Waals surface area contributed by atoms with Crippen molar-refractivity contribution >= 4 is 33.1 Å². The Bertz CT molecular complexity index is 1270. The third-order valence-electron chi connectivity index (χ3n) is 5.57. The van der Waals surface area contributed by atoms with Gasteiger partial charge in [-0.25, -0.2) is 22.5 Å². The lowest BCUT2D eigenvalue weighted by atomic mass is 9.87. The highest BCUT2D eigenvalue weighted by molar-refractivity contribution is 7.92. The zero-order valence-corrected chi connectivity index (χ0v) is 21.5. The molecule has 0 amide bonds. The highest BCUT2D eigenvalue weighted by Gasteiger charge is 2.29. The number of thiazole rings is 1. The Morgan fingerprint density at radius 3 is 2.24 bits per heavy atom. The first-order valence-corrected chi connectivity index (χ1v) is 13.1. The molecule has 0 aliphatic heterocycles. The van der Waals surface area contributed by atoms with Gasteiger partial charge < -0.3 is 5.11 Å². The molecule has 2 aromatic carbocycles. The molecular weight excluding hydrogens is 456 g/mol. The Labute approximate surface area is 200 Å². The van der Waals surface area contributed by atoms with E-state index in [1.165, 1.54) is 33.3 Å². The molecule has 1 aromatic heterocycles. The van der Waals surface area contributed by atoms with Crippen molar-refractivity contribution < 1.29 is 18.3 Å². The lowest BCUT2D eigenvalue weighted by Crippen LogP contribution is -2.31. The largest absolute Gasteiger partial charge is 0.478 e. The Hall–Kier alpha value is -2.71. The number of nitrogens with zero attached hydrogens (tertiary/aromatic N) is 2. The molecule has 176 valence electrons. The molecule has 3 rings (SSSR count). The number of hydrogen-bond acceptors (Lipinski definition) is 5. The lowest BCUT2D eigenvalue weighted by Gasteiger charge is -2.22. The fourth-order valence-corrected chi connectivity index (χ4v) is 6.13. The second kappa shape index (κ2) is 9.27. The molecule has 0 saturated carbocycles. The van der Waals surface area contributed by atoms with Crippen LogP contribution in [0.2, 0.25) is 0 Å². The maximum atomic E-state index is 13.5. The smallest absolute Gasteiger partial charge is 0.336 e. The van der Waals surface area contributed by atoms with Crippen molar-refractivity contribution in [3.63, 3.8) is 0 Å². The summed E-state index contributed by atoms with van der Waals surface area (Å²) in [7, 11) is -3.99. The predicted octanol–water partition coefficient (Wildman–Crippen LogP) is 5.89. The van der Waals surface area contributed by atoms with Crippen LogP contribution in [0.4, 0.5) is 5.82 Å².